The van der Waals surface area contributed by atoms with E-state index in [0.29, 0.717) is 6.54 Å². The summed E-state index contributed by atoms with van der Waals surface area (Å²) in [4.78, 5) is 16.3. The van der Waals surface area contributed by atoms with Gasteiger partial charge in [0.1, 0.15) is 23.2 Å². The molecule has 0 saturated heterocycles. The molecule has 0 aliphatic rings. The molecule has 0 aliphatic heterocycles. The third kappa shape index (κ3) is 4.87. The lowest BCUT2D eigenvalue weighted by atomic mass is 10.1. The molecule has 1 aromatic carbocycles. The van der Waals surface area contributed by atoms with Crippen LogP contribution in [0.2, 0.25) is 0 Å². The van der Waals surface area contributed by atoms with Crippen LogP contribution in [-0.2, 0) is 27.9 Å². The first-order valence-electron chi connectivity index (χ1n) is 8.90. The molecule has 154 valence electrons. The van der Waals surface area contributed by atoms with E-state index in [-0.39, 0.29) is 22.9 Å². The van der Waals surface area contributed by atoms with E-state index in [0.717, 1.165) is 11.1 Å². The minimum Gasteiger partial charge on any atom is -0.360 e. The van der Waals surface area contributed by atoms with Crippen molar-refractivity contribution < 1.29 is 17.7 Å². The third-order valence-electron chi connectivity index (χ3n) is 4.33. The van der Waals surface area contributed by atoms with Crippen molar-refractivity contribution in [1.82, 2.24) is 30.0 Å². The summed E-state index contributed by atoms with van der Waals surface area (Å²) in [6.45, 7) is 5.28. The van der Waals surface area contributed by atoms with Crippen molar-refractivity contribution in [2.45, 2.75) is 44.8 Å². The number of benzene rings is 1. The fraction of sp³-hybridized carbons (Fsp3) is 0.333. The topological polar surface area (TPSA) is 132 Å². The van der Waals surface area contributed by atoms with E-state index in [9.17, 15) is 13.2 Å². The molecule has 11 heteroatoms. The molecule has 0 aliphatic carbocycles. The van der Waals surface area contributed by atoms with Gasteiger partial charge in [-0.2, -0.15) is 9.82 Å². The number of aryl methyl sites for hydroxylation is 2. The van der Waals surface area contributed by atoms with E-state index >= 15 is 0 Å². The predicted octanol–water partition coefficient (Wildman–Crippen LogP) is 0.914. The van der Waals surface area contributed by atoms with Gasteiger partial charge in [-0.25, -0.2) is 18.1 Å². The number of hydrogen-bond acceptors (Lipinski definition) is 7. The van der Waals surface area contributed by atoms with Gasteiger partial charge in [0.25, 0.3) is 0 Å². The predicted molar refractivity (Wildman–Crippen MR) is 103 cm³/mol. The van der Waals surface area contributed by atoms with Crippen LogP contribution in [0.25, 0.3) is 0 Å². The first-order valence-corrected chi connectivity index (χ1v) is 10.4. The van der Waals surface area contributed by atoms with E-state index in [1.807, 2.05) is 24.3 Å². The van der Waals surface area contributed by atoms with Gasteiger partial charge in [0, 0.05) is 6.54 Å². The normalized spacial score (nSPS) is 12.7. The maximum atomic E-state index is 12.5. The zero-order valence-electron chi connectivity index (χ0n) is 16.3. The van der Waals surface area contributed by atoms with Gasteiger partial charge in [0.05, 0.1) is 12.6 Å². The first-order chi connectivity index (χ1) is 13.8. The fourth-order valence-corrected chi connectivity index (χ4v) is 4.44. The number of hydrogen-bond donors (Lipinski definition) is 2. The number of aromatic nitrogens is 4. The molecule has 2 heterocycles. The molecule has 0 radical (unpaired) electrons. The molecule has 0 saturated carbocycles. The Hall–Kier alpha value is -3.05. The van der Waals surface area contributed by atoms with E-state index in [1.54, 1.807) is 11.0 Å². The zero-order valence-corrected chi connectivity index (χ0v) is 17.1. The summed E-state index contributed by atoms with van der Waals surface area (Å²) in [5, 5.41) is 10.5. The first kappa shape index (κ1) is 20.7. The van der Waals surface area contributed by atoms with Crippen LogP contribution >= 0.6 is 0 Å². The van der Waals surface area contributed by atoms with E-state index in [4.69, 9.17) is 4.52 Å². The highest BCUT2D eigenvalue weighted by atomic mass is 32.2. The Morgan fingerprint density at radius 2 is 1.97 bits per heavy atom. The Kier molecular flexibility index (Phi) is 6.09. The van der Waals surface area contributed by atoms with E-state index in [2.05, 4.69) is 25.3 Å². The standard InChI is InChI=1S/C18H22N6O4S/c1-12-17(14(3)28-22-12)29(26,27)23-13(2)18(25)20-8-15-6-4-5-7-16(15)9-24-11-19-10-21-24/h4-7,10-11,13,23H,8-9H2,1-3H3,(H,20,25)/t13-/m0/s1. The number of amides is 1. The summed E-state index contributed by atoms with van der Waals surface area (Å²) in [5.74, 6) is -0.277. The van der Waals surface area contributed by atoms with Crippen LogP contribution in [-0.4, -0.2) is 40.3 Å². The maximum Gasteiger partial charge on any atom is 0.246 e. The Bertz CT molecular complexity index is 1070. The molecule has 2 N–H and O–H groups in total. The SMILES string of the molecule is Cc1noc(C)c1S(=O)(=O)N[C@@H](C)C(=O)NCc1ccccc1Cn1cncn1. The van der Waals surface area contributed by atoms with Crippen LogP contribution in [0.3, 0.4) is 0 Å². The third-order valence-corrected chi connectivity index (χ3v) is 6.12. The van der Waals surface area contributed by atoms with E-state index < -0.39 is 22.0 Å². The number of nitrogens with one attached hydrogen (secondary N) is 2. The number of rotatable bonds is 8. The molecule has 0 fully saturated rings. The summed E-state index contributed by atoms with van der Waals surface area (Å²) in [5.41, 5.74) is 2.11. The number of nitrogens with zero attached hydrogens (tertiary/aromatic N) is 4. The Labute approximate surface area is 168 Å². The molecular weight excluding hydrogens is 396 g/mol. The molecule has 29 heavy (non-hydrogen) atoms. The molecule has 1 amide bonds. The maximum absolute atomic E-state index is 12.5. The number of carbonyl (C=O) groups excluding carboxylic acids is 1. The van der Waals surface area contributed by atoms with Crippen LogP contribution in [0, 0.1) is 13.8 Å². The lowest BCUT2D eigenvalue weighted by Gasteiger charge is -2.15. The van der Waals surface area contributed by atoms with Gasteiger partial charge in [0.2, 0.25) is 15.9 Å². The Morgan fingerprint density at radius 1 is 1.24 bits per heavy atom. The average Bonchev–Trinajstić information content (AvgIpc) is 3.30. The van der Waals surface area contributed by atoms with Gasteiger partial charge >= 0.3 is 0 Å². The molecule has 2 aromatic heterocycles. The van der Waals surface area contributed by atoms with Crippen molar-refractivity contribution in [2.24, 2.45) is 0 Å². The second-order valence-electron chi connectivity index (χ2n) is 6.58. The lowest BCUT2D eigenvalue weighted by molar-refractivity contribution is -0.122. The monoisotopic (exact) mass is 418 g/mol. The summed E-state index contributed by atoms with van der Waals surface area (Å²) in [6.07, 6.45) is 3.07. The highest BCUT2D eigenvalue weighted by Crippen LogP contribution is 2.19. The number of carbonyl (C=O) groups is 1. The Balaban J connectivity index is 1.64. The molecule has 3 aromatic rings. The zero-order chi connectivity index (χ0) is 21.0. The van der Waals surface area contributed by atoms with Crippen molar-refractivity contribution in [3.05, 3.63) is 59.5 Å². The molecule has 0 spiro atoms. The van der Waals surface area contributed by atoms with Crippen molar-refractivity contribution in [1.29, 1.82) is 0 Å². The van der Waals surface area contributed by atoms with Crippen LogP contribution in [0.5, 0.6) is 0 Å². The van der Waals surface area contributed by atoms with Crippen LogP contribution < -0.4 is 10.0 Å². The van der Waals surface area contributed by atoms with Gasteiger partial charge in [-0.3, -0.25) is 4.79 Å². The Morgan fingerprint density at radius 3 is 2.59 bits per heavy atom. The summed E-state index contributed by atoms with van der Waals surface area (Å²) in [7, 11) is -3.93. The lowest BCUT2D eigenvalue weighted by Crippen LogP contribution is -2.44. The van der Waals surface area contributed by atoms with Crippen LogP contribution in [0.4, 0.5) is 0 Å². The second-order valence-corrected chi connectivity index (χ2v) is 8.23. The summed E-state index contributed by atoms with van der Waals surface area (Å²) >= 11 is 0. The van der Waals surface area contributed by atoms with Crippen molar-refractivity contribution in [3.63, 3.8) is 0 Å². The average molecular weight is 418 g/mol. The molecule has 0 unspecified atom stereocenters. The van der Waals surface area contributed by atoms with Gasteiger partial charge in [-0.1, -0.05) is 29.4 Å². The van der Waals surface area contributed by atoms with Crippen molar-refractivity contribution >= 4 is 15.9 Å². The summed E-state index contributed by atoms with van der Waals surface area (Å²) in [6, 6.07) is 6.63. The van der Waals surface area contributed by atoms with Gasteiger partial charge in [-0.15, -0.1) is 0 Å². The summed E-state index contributed by atoms with van der Waals surface area (Å²) < 4.78 is 34.0. The van der Waals surface area contributed by atoms with E-state index in [1.165, 1.54) is 27.1 Å². The van der Waals surface area contributed by atoms with Crippen molar-refractivity contribution in [2.75, 3.05) is 0 Å². The fourth-order valence-electron chi connectivity index (χ4n) is 2.91. The van der Waals surface area contributed by atoms with Crippen molar-refractivity contribution in [3.8, 4) is 0 Å². The molecule has 10 nitrogen and oxygen atoms in total. The smallest absolute Gasteiger partial charge is 0.246 e. The second kappa shape index (κ2) is 8.53. The number of sulfonamides is 1. The quantitative estimate of drug-likeness (QED) is 0.556. The van der Waals surface area contributed by atoms with Gasteiger partial charge in [-0.05, 0) is 31.9 Å². The van der Waals surface area contributed by atoms with Gasteiger partial charge in [0.15, 0.2) is 5.76 Å². The highest BCUT2D eigenvalue weighted by Gasteiger charge is 2.28. The minimum atomic E-state index is -3.93. The molecule has 0 bridgehead atoms. The van der Waals surface area contributed by atoms with Crippen LogP contribution in [0.15, 0.2) is 46.3 Å². The molecule has 1 atom stereocenters. The highest BCUT2D eigenvalue weighted by molar-refractivity contribution is 7.89. The van der Waals surface area contributed by atoms with Crippen LogP contribution in [0.1, 0.15) is 29.5 Å². The molecular formula is C18H22N6O4S. The minimum absolute atomic E-state index is 0.0460. The largest absolute Gasteiger partial charge is 0.360 e. The molecule has 3 rings (SSSR count). The van der Waals surface area contributed by atoms with Gasteiger partial charge < -0.3 is 9.84 Å².